The van der Waals surface area contributed by atoms with E-state index in [-0.39, 0.29) is 17.9 Å². The van der Waals surface area contributed by atoms with Crippen molar-refractivity contribution in [2.45, 2.75) is 18.9 Å². The molecule has 0 aliphatic carbocycles. The Morgan fingerprint density at radius 3 is 2.63 bits per heavy atom. The third-order valence-electron chi connectivity index (χ3n) is 5.04. The summed E-state index contributed by atoms with van der Waals surface area (Å²) in [6, 6.07) is 13.0. The molecule has 1 amide bonds. The highest BCUT2D eigenvalue weighted by molar-refractivity contribution is 6.30. The molecule has 0 spiro atoms. The summed E-state index contributed by atoms with van der Waals surface area (Å²) in [5.74, 6) is 0.120. The van der Waals surface area contributed by atoms with Gasteiger partial charge in [-0.25, -0.2) is 0 Å². The van der Waals surface area contributed by atoms with Crippen LogP contribution in [0.4, 0.5) is 0 Å². The SMILES string of the molecule is COCCN1CCC(C(=O)N[C@H](c2ccc(Cl)cc2)c2ccccn2)CC1. The van der Waals surface area contributed by atoms with Crippen molar-refractivity contribution in [3.8, 4) is 0 Å². The van der Waals surface area contributed by atoms with Crippen LogP contribution in [0.3, 0.4) is 0 Å². The minimum absolute atomic E-state index is 0.0299. The number of benzene rings is 1. The van der Waals surface area contributed by atoms with Gasteiger partial charge in [-0.15, -0.1) is 0 Å². The molecule has 3 rings (SSSR count). The molecule has 1 aromatic carbocycles. The summed E-state index contributed by atoms with van der Waals surface area (Å²) >= 11 is 6.02. The van der Waals surface area contributed by atoms with Gasteiger partial charge in [0.15, 0.2) is 0 Å². The van der Waals surface area contributed by atoms with Gasteiger partial charge >= 0.3 is 0 Å². The Bertz CT molecular complexity index is 716. The van der Waals surface area contributed by atoms with E-state index in [1.54, 1.807) is 13.3 Å². The lowest BCUT2D eigenvalue weighted by Crippen LogP contribution is -2.42. The summed E-state index contributed by atoms with van der Waals surface area (Å²) < 4.78 is 5.14. The first-order valence-electron chi connectivity index (χ1n) is 9.35. The van der Waals surface area contributed by atoms with Crippen molar-refractivity contribution < 1.29 is 9.53 Å². The Balaban J connectivity index is 1.67. The van der Waals surface area contributed by atoms with E-state index in [0.717, 1.165) is 50.3 Å². The fraction of sp³-hybridized carbons (Fsp3) is 0.429. The number of carbonyl (C=O) groups is 1. The second kappa shape index (κ2) is 9.83. The highest BCUT2D eigenvalue weighted by atomic mass is 35.5. The summed E-state index contributed by atoms with van der Waals surface area (Å²) in [5.41, 5.74) is 1.80. The van der Waals surface area contributed by atoms with Crippen LogP contribution in [0.25, 0.3) is 0 Å². The summed E-state index contributed by atoms with van der Waals surface area (Å²) in [7, 11) is 1.72. The maximum Gasteiger partial charge on any atom is 0.224 e. The summed E-state index contributed by atoms with van der Waals surface area (Å²) in [6.07, 6.45) is 3.48. The second-order valence-electron chi connectivity index (χ2n) is 6.86. The predicted octanol–water partition coefficient (Wildman–Crippen LogP) is 3.30. The first kappa shape index (κ1) is 19.8. The zero-order valence-corrected chi connectivity index (χ0v) is 16.4. The molecule has 1 aliphatic heterocycles. The summed E-state index contributed by atoms with van der Waals surface area (Å²) in [4.78, 5) is 19.7. The van der Waals surface area contributed by atoms with Gasteiger partial charge in [-0.2, -0.15) is 0 Å². The van der Waals surface area contributed by atoms with Crippen molar-refractivity contribution in [2.75, 3.05) is 33.4 Å². The van der Waals surface area contributed by atoms with E-state index in [1.807, 2.05) is 42.5 Å². The van der Waals surface area contributed by atoms with Crippen LogP contribution in [0.2, 0.25) is 5.02 Å². The molecule has 27 heavy (non-hydrogen) atoms. The standard InChI is InChI=1S/C21H26ClN3O2/c1-27-15-14-25-12-9-17(10-13-25)21(26)24-20(19-4-2-3-11-23-19)16-5-7-18(22)8-6-16/h2-8,11,17,20H,9-10,12-15H2,1H3,(H,24,26)/t20-/m1/s1. The minimum Gasteiger partial charge on any atom is -0.383 e. The molecule has 5 nitrogen and oxygen atoms in total. The van der Waals surface area contributed by atoms with E-state index in [0.29, 0.717) is 5.02 Å². The molecule has 0 unspecified atom stereocenters. The van der Waals surface area contributed by atoms with Crippen molar-refractivity contribution in [1.82, 2.24) is 15.2 Å². The maximum absolute atomic E-state index is 12.9. The molecule has 1 saturated heterocycles. The lowest BCUT2D eigenvalue weighted by atomic mass is 9.94. The molecule has 1 aromatic heterocycles. The number of piperidine rings is 1. The van der Waals surface area contributed by atoms with Crippen LogP contribution in [0, 0.1) is 5.92 Å². The average Bonchev–Trinajstić information content (AvgIpc) is 2.72. The molecule has 2 heterocycles. The van der Waals surface area contributed by atoms with Gasteiger partial charge in [0.25, 0.3) is 0 Å². The lowest BCUT2D eigenvalue weighted by Gasteiger charge is -2.32. The minimum atomic E-state index is -0.275. The van der Waals surface area contributed by atoms with E-state index < -0.39 is 0 Å². The maximum atomic E-state index is 12.9. The number of nitrogens with one attached hydrogen (secondary N) is 1. The number of methoxy groups -OCH3 is 1. The molecule has 1 fully saturated rings. The van der Waals surface area contributed by atoms with Crippen molar-refractivity contribution in [1.29, 1.82) is 0 Å². The molecule has 1 aliphatic rings. The first-order valence-corrected chi connectivity index (χ1v) is 9.73. The van der Waals surface area contributed by atoms with Gasteiger partial charge in [0, 0.05) is 30.8 Å². The molecular weight excluding hydrogens is 362 g/mol. The molecule has 144 valence electrons. The van der Waals surface area contributed by atoms with Crippen LogP contribution in [0.15, 0.2) is 48.7 Å². The van der Waals surface area contributed by atoms with Crippen LogP contribution in [-0.2, 0) is 9.53 Å². The predicted molar refractivity (Wildman–Crippen MR) is 107 cm³/mol. The van der Waals surface area contributed by atoms with E-state index in [1.165, 1.54) is 0 Å². The summed E-state index contributed by atoms with van der Waals surface area (Å²) in [5, 5.41) is 3.88. The Hall–Kier alpha value is -1.95. The zero-order valence-electron chi connectivity index (χ0n) is 15.6. The number of amides is 1. The molecule has 2 aromatic rings. The Morgan fingerprint density at radius 2 is 2.00 bits per heavy atom. The number of pyridine rings is 1. The smallest absolute Gasteiger partial charge is 0.224 e. The first-order chi connectivity index (χ1) is 13.2. The molecule has 0 radical (unpaired) electrons. The molecule has 0 saturated carbocycles. The van der Waals surface area contributed by atoms with Crippen LogP contribution < -0.4 is 5.32 Å². The number of hydrogen-bond acceptors (Lipinski definition) is 4. The lowest BCUT2D eigenvalue weighted by molar-refractivity contribution is -0.127. The van der Waals surface area contributed by atoms with E-state index in [9.17, 15) is 4.79 Å². The van der Waals surface area contributed by atoms with Gasteiger partial charge in [0.2, 0.25) is 5.91 Å². The molecule has 6 heteroatoms. The number of nitrogens with zero attached hydrogens (tertiary/aromatic N) is 2. The fourth-order valence-electron chi connectivity index (χ4n) is 3.43. The van der Waals surface area contributed by atoms with Gasteiger partial charge in [0.1, 0.15) is 0 Å². The van der Waals surface area contributed by atoms with Gasteiger partial charge < -0.3 is 15.0 Å². The zero-order chi connectivity index (χ0) is 19.1. The number of likely N-dealkylation sites (tertiary alicyclic amines) is 1. The van der Waals surface area contributed by atoms with Crippen LogP contribution in [0.5, 0.6) is 0 Å². The topological polar surface area (TPSA) is 54.5 Å². The van der Waals surface area contributed by atoms with E-state index >= 15 is 0 Å². The normalized spacial score (nSPS) is 16.8. The quantitative estimate of drug-likeness (QED) is 0.792. The average molecular weight is 388 g/mol. The number of carbonyl (C=O) groups excluding carboxylic acids is 1. The van der Waals surface area contributed by atoms with Crippen molar-refractivity contribution in [3.63, 3.8) is 0 Å². The number of hydrogen-bond donors (Lipinski definition) is 1. The highest BCUT2D eigenvalue weighted by Crippen LogP contribution is 2.24. The van der Waals surface area contributed by atoms with Crippen LogP contribution in [-0.4, -0.2) is 49.1 Å². The van der Waals surface area contributed by atoms with Crippen molar-refractivity contribution >= 4 is 17.5 Å². The number of rotatable bonds is 7. The molecule has 0 bridgehead atoms. The van der Waals surface area contributed by atoms with Crippen molar-refractivity contribution in [3.05, 3.63) is 64.9 Å². The van der Waals surface area contributed by atoms with Gasteiger partial charge in [0.05, 0.1) is 18.3 Å². The fourth-order valence-corrected chi connectivity index (χ4v) is 3.56. The third kappa shape index (κ3) is 5.51. The number of aromatic nitrogens is 1. The Morgan fingerprint density at radius 1 is 1.26 bits per heavy atom. The van der Waals surface area contributed by atoms with E-state index in [4.69, 9.17) is 16.3 Å². The Kier molecular flexibility index (Phi) is 7.21. The van der Waals surface area contributed by atoms with Crippen LogP contribution >= 0.6 is 11.6 Å². The molecular formula is C21H26ClN3O2. The number of ether oxygens (including phenoxy) is 1. The van der Waals surface area contributed by atoms with Gasteiger partial charge in [-0.05, 0) is 55.8 Å². The second-order valence-corrected chi connectivity index (χ2v) is 7.29. The summed E-state index contributed by atoms with van der Waals surface area (Å²) in [6.45, 7) is 3.51. The van der Waals surface area contributed by atoms with E-state index in [2.05, 4.69) is 15.2 Å². The Labute approximate surface area is 165 Å². The molecule has 1 atom stereocenters. The monoisotopic (exact) mass is 387 g/mol. The van der Waals surface area contributed by atoms with Gasteiger partial charge in [-0.3, -0.25) is 9.78 Å². The van der Waals surface area contributed by atoms with Gasteiger partial charge in [-0.1, -0.05) is 29.8 Å². The van der Waals surface area contributed by atoms with Crippen LogP contribution in [0.1, 0.15) is 30.1 Å². The molecule has 1 N–H and O–H groups in total. The number of halogens is 1. The van der Waals surface area contributed by atoms with Crippen molar-refractivity contribution in [2.24, 2.45) is 5.92 Å². The highest BCUT2D eigenvalue weighted by Gasteiger charge is 2.27. The largest absolute Gasteiger partial charge is 0.383 e. The third-order valence-corrected chi connectivity index (χ3v) is 5.30.